The number of aromatic nitrogens is 4. The predicted octanol–water partition coefficient (Wildman–Crippen LogP) is 1.51. The molecule has 1 fully saturated rings. The average molecular weight is 286 g/mol. The molecule has 0 saturated carbocycles. The molecule has 2 aromatic rings. The number of likely N-dealkylation sites (tertiary alicyclic amines) is 1. The van der Waals surface area contributed by atoms with Gasteiger partial charge >= 0.3 is 0 Å². The molecule has 0 aliphatic carbocycles. The zero-order valence-corrected chi connectivity index (χ0v) is 12.9. The van der Waals surface area contributed by atoms with Crippen LogP contribution in [0.1, 0.15) is 23.4 Å². The maximum atomic E-state index is 4.41. The van der Waals surface area contributed by atoms with Crippen molar-refractivity contribution in [2.24, 2.45) is 7.05 Å². The normalized spacial score (nSPS) is 19.1. The quantitative estimate of drug-likeness (QED) is 0.923. The molecule has 6 nitrogen and oxygen atoms in total. The lowest BCUT2D eigenvalue weighted by atomic mass is 10.2. The summed E-state index contributed by atoms with van der Waals surface area (Å²) in [5.74, 6) is 0.923. The van der Waals surface area contributed by atoms with Crippen LogP contribution in [-0.2, 0) is 13.6 Å². The lowest BCUT2D eigenvalue weighted by molar-refractivity contribution is 0.328. The molecule has 1 unspecified atom stereocenters. The summed E-state index contributed by atoms with van der Waals surface area (Å²) in [4.78, 5) is 10.9. The third-order valence-electron chi connectivity index (χ3n) is 3.94. The summed E-state index contributed by atoms with van der Waals surface area (Å²) in [5.41, 5.74) is 3.43. The number of anilines is 1. The lowest BCUT2D eigenvalue weighted by Gasteiger charge is -2.16. The van der Waals surface area contributed by atoms with Crippen LogP contribution in [0.5, 0.6) is 0 Å². The molecule has 0 radical (unpaired) electrons. The highest BCUT2D eigenvalue weighted by molar-refractivity contribution is 5.36. The number of hydrogen-bond donors (Lipinski definition) is 1. The van der Waals surface area contributed by atoms with Gasteiger partial charge in [0.15, 0.2) is 0 Å². The van der Waals surface area contributed by atoms with E-state index in [1.807, 2.05) is 24.7 Å². The SMILES string of the molecule is Cc1cc(NC2CCN(Cc3cn(C)nc3C)C2)ncn1. The van der Waals surface area contributed by atoms with Gasteiger partial charge in [0.25, 0.3) is 0 Å². The van der Waals surface area contributed by atoms with Gasteiger partial charge in [-0.2, -0.15) is 5.10 Å². The minimum absolute atomic E-state index is 0.455. The Kier molecular flexibility index (Phi) is 3.88. The van der Waals surface area contributed by atoms with E-state index in [0.717, 1.165) is 43.3 Å². The Morgan fingerprint density at radius 1 is 1.33 bits per heavy atom. The highest BCUT2D eigenvalue weighted by atomic mass is 15.3. The summed E-state index contributed by atoms with van der Waals surface area (Å²) in [6.45, 7) is 7.18. The number of hydrogen-bond acceptors (Lipinski definition) is 5. The predicted molar refractivity (Wildman–Crippen MR) is 82.0 cm³/mol. The van der Waals surface area contributed by atoms with Gasteiger partial charge in [-0.25, -0.2) is 9.97 Å². The Labute approximate surface area is 125 Å². The van der Waals surface area contributed by atoms with Crippen molar-refractivity contribution in [1.29, 1.82) is 0 Å². The van der Waals surface area contributed by atoms with E-state index in [1.54, 1.807) is 6.33 Å². The number of aryl methyl sites for hydroxylation is 3. The van der Waals surface area contributed by atoms with Crippen LogP contribution in [0.2, 0.25) is 0 Å². The van der Waals surface area contributed by atoms with Crippen LogP contribution in [0.4, 0.5) is 5.82 Å². The minimum atomic E-state index is 0.455. The molecule has 2 aromatic heterocycles. The summed E-state index contributed by atoms with van der Waals surface area (Å²) in [7, 11) is 1.97. The van der Waals surface area contributed by atoms with Gasteiger partial charge in [-0.3, -0.25) is 9.58 Å². The fourth-order valence-corrected chi connectivity index (χ4v) is 2.88. The third-order valence-corrected chi connectivity index (χ3v) is 3.94. The van der Waals surface area contributed by atoms with E-state index in [9.17, 15) is 0 Å². The van der Waals surface area contributed by atoms with Gasteiger partial charge in [-0.15, -0.1) is 0 Å². The van der Waals surface area contributed by atoms with E-state index in [4.69, 9.17) is 0 Å². The lowest BCUT2D eigenvalue weighted by Crippen LogP contribution is -2.26. The van der Waals surface area contributed by atoms with E-state index in [1.165, 1.54) is 5.56 Å². The molecule has 6 heteroatoms. The highest BCUT2D eigenvalue weighted by Crippen LogP contribution is 2.18. The Morgan fingerprint density at radius 3 is 2.90 bits per heavy atom. The number of nitrogens with one attached hydrogen (secondary N) is 1. The van der Waals surface area contributed by atoms with Crippen molar-refractivity contribution in [3.63, 3.8) is 0 Å². The van der Waals surface area contributed by atoms with Gasteiger partial charge in [0.1, 0.15) is 12.1 Å². The van der Waals surface area contributed by atoms with Gasteiger partial charge in [-0.1, -0.05) is 0 Å². The van der Waals surface area contributed by atoms with Gasteiger partial charge in [0, 0.05) is 56.2 Å². The average Bonchev–Trinajstić information content (AvgIpc) is 2.97. The van der Waals surface area contributed by atoms with Crippen LogP contribution in [0.15, 0.2) is 18.6 Å². The van der Waals surface area contributed by atoms with Crippen molar-refractivity contribution in [3.05, 3.63) is 35.5 Å². The fourth-order valence-electron chi connectivity index (χ4n) is 2.88. The molecule has 0 amide bonds. The molecule has 0 spiro atoms. The largest absolute Gasteiger partial charge is 0.366 e. The summed E-state index contributed by atoms with van der Waals surface area (Å²) in [5, 5.41) is 7.91. The van der Waals surface area contributed by atoms with Crippen LogP contribution in [-0.4, -0.2) is 43.8 Å². The topological polar surface area (TPSA) is 58.9 Å². The van der Waals surface area contributed by atoms with Crippen LogP contribution in [0.25, 0.3) is 0 Å². The first-order valence-corrected chi connectivity index (χ1v) is 7.37. The second kappa shape index (κ2) is 5.81. The summed E-state index contributed by atoms with van der Waals surface area (Å²) < 4.78 is 1.89. The molecule has 3 heterocycles. The Morgan fingerprint density at radius 2 is 2.19 bits per heavy atom. The van der Waals surface area contributed by atoms with Crippen LogP contribution >= 0.6 is 0 Å². The van der Waals surface area contributed by atoms with E-state index in [2.05, 4.69) is 38.4 Å². The molecule has 3 rings (SSSR count). The first-order valence-electron chi connectivity index (χ1n) is 7.37. The number of nitrogens with zero attached hydrogens (tertiary/aromatic N) is 5. The van der Waals surface area contributed by atoms with E-state index >= 15 is 0 Å². The van der Waals surface area contributed by atoms with Crippen molar-refractivity contribution in [1.82, 2.24) is 24.6 Å². The maximum Gasteiger partial charge on any atom is 0.129 e. The van der Waals surface area contributed by atoms with Crippen molar-refractivity contribution in [2.75, 3.05) is 18.4 Å². The van der Waals surface area contributed by atoms with Crippen molar-refractivity contribution in [2.45, 2.75) is 32.9 Å². The molecule has 112 valence electrons. The zero-order valence-electron chi connectivity index (χ0n) is 12.9. The van der Waals surface area contributed by atoms with Gasteiger partial charge in [-0.05, 0) is 20.3 Å². The summed E-state index contributed by atoms with van der Waals surface area (Å²) in [6, 6.07) is 2.45. The minimum Gasteiger partial charge on any atom is -0.366 e. The first-order chi connectivity index (χ1) is 10.1. The van der Waals surface area contributed by atoms with E-state index in [-0.39, 0.29) is 0 Å². The van der Waals surface area contributed by atoms with Crippen molar-refractivity contribution < 1.29 is 0 Å². The molecular formula is C15H22N6. The molecule has 1 aliphatic heterocycles. The summed E-state index contributed by atoms with van der Waals surface area (Å²) >= 11 is 0. The van der Waals surface area contributed by atoms with Gasteiger partial charge in [0.05, 0.1) is 5.69 Å². The van der Waals surface area contributed by atoms with Crippen LogP contribution in [0, 0.1) is 13.8 Å². The van der Waals surface area contributed by atoms with Crippen molar-refractivity contribution >= 4 is 5.82 Å². The second-order valence-electron chi connectivity index (χ2n) is 5.82. The molecule has 1 saturated heterocycles. The molecule has 0 bridgehead atoms. The monoisotopic (exact) mass is 286 g/mol. The number of rotatable bonds is 4. The van der Waals surface area contributed by atoms with Gasteiger partial charge < -0.3 is 5.32 Å². The Hall–Kier alpha value is -1.95. The fraction of sp³-hybridized carbons (Fsp3) is 0.533. The van der Waals surface area contributed by atoms with E-state index < -0.39 is 0 Å². The smallest absolute Gasteiger partial charge is 0.129 e. The highest BCUT2D eigenvalue weighted by Gasteiger charge is 2.23. The molecule has 1 aliphatic rings. The third kappa shape index (κ3) is 3.39. The molecular weight excluding hydrogens is 264 g/mol. The Bertz CT molecular complexity index is 620. The van der Waals surface area contributed by atoms with Crippen molar-refractivity contribution in [3.8, 4) is 0 Å². The Balaban J connectivity index is 1.57. The standard InChI is InChI=1S/C15H22N6/c1-11-6-15(17-10-16-11)18-14-4-5-21(9-14)8-13-7-20(3)19-12(13)2/h6-7,10,14H,4-5,8-9H2,1-3H3,(H,16,17,18). The zero-order chi connectivity index (χ0) is 14.8. The summed E-state index contributed by atoms with van der Waals surface area (Å²) in [6.07, 6.45) is 4.87. The van der Waals surface area contributed by atoms with E-state index in [0.29, 0.717) is 6.04 Å². The first kappa shape index (κ1) is 14.0. The van der Waals surface area contributed by atoms with Crippen LogP contribution < -0.4 is 5.32 Å². The molecule has 1 N–H and O–H groups in total. The second-order valence-corrected chi connectivity index (χ2v) is 5.82. The molecule has 21 heavy (non-hydrogen) atoms. The molecule has 1 atom stereocenters. The maximum absolute atomic E-state index is 4.41. The van der Waals surface area contributed by atoms with Crippen LogP contribution in [0.3, 0.4) is 0 Å². The molecule has 0 aromatic carbocycles. The van der Waals surface area contributed by atoms with Gasteiger partial charge in [0.2, 0.25) is 0 Å².